The molecule has 0 aliphatic carbocycles. The molecular weight excluding hydrogens is 446 g/mol. The highest BCUT2D eigenvalue weighted by molar-refractivity contribution is 7.92. The third-order valence-electron chi connectivity index (χ3n) is 4.64. The van der Waals surface area contributed by atoms with Crippen molar-refractivity contribution in [3.05, 3.63) is 65.0 Å². The largest absolute Gasteiger partial charge is 0.495 e. The van der Waals surface area contributed by atoms with Gasteiger partial charge in [-0.05, 0) is 61.9 Å². The van der Waals surface area contributed by atoms with Gasteiger partial charge in [0.25, 0.3) is 10.0 Å². The molecule has 2 aromatic carbocycles. The molecule has 0 radical (unpaired) electrons. The minimum atomic E-state index is -4.00. The number of carbonyl (C=O) groups excluding carboxylic acids is 2. The number of benzene rings is 2. The second kappa shape index (κ2) is 9.70. The molecule has 3 aromatic rings. The number of rotatable bonds is 8. The maximum absolute atomic E-state index is 13.0. The summed E-state index contributed by atoms with van der Waals surface area (Å²) in [6.45, 7) is 4.50. The van der Waals surface area contributed by atoms with E-state index in [-0.39, 0.29) is 22.3 Å². The van der Waals surface area contributed by atoms with Gasteiger partial charge in [-0.15, -0.1) is 0 Å². The summed E-state index contributed by atoms with van der Waals surface area (Å²) in [5, 5.41) is 6.50. The summed E-state index contributed by atoms with van der Waals surface area (Å²) in [7, 11) is -2.62. The lowest BCUT2D eigenvalue weighted by atomic mass is 10.1. The number of methoxy groups -OCH3 is 1. The molecule has 1 amide bonds. The summed E-state index contributed by atoms with van der Waals surface area (Å²) in [5.41, 5.74) is 2.29. The van der Waals surface area contributed by atoms with Crippen LogP contribution in [0.5, 0.6) is 5.75 Å². The first-order valence-corrected chi connectivity index (χ1v) is 11.3. The van der Waals surface area contributed by atoms with Crippen LogP contribution >= 0.6 is 0 Å². The molecule has 33 heavy (non-hydrogen) atoms. The number of ketones is 1. The predicted octanol–water partition coefficient (Wildman–Crippen LogP) is 4.12. The average Bonchev–Trinajstić information content (AvgIpc) is 3.11. The van der Waals surface area contributed by atoms with Gasteiger partial charge in [0.15, 0.2) is 11.5 Å². The molecule has 1 aromatic heterocycles. The molecule has 0 unspecified atom stereocenters. The van der Waals surface area contributed by atoms with Crippen LogP contribution in [0, 0.1) is 6.92 Å². The van der Waals surface area contributed by atoms with Crippen LogP contribution in [0.15, 0.2) is 51.9 Å². The highest BCUT2D eigenvalue weighted by atomic mass is 32.2. The van der Waals surface area contributed by atoms with Gasteiger partial charge >= 0.3 is 0 Å². The van der Waals surface area contributed by atoms with E-state index in [0.717, 1.165) is 0 Å². The first kappa shape index (κ1) is 23.7. The molecule has 2 N–H and O–H groups in total. The minimum absolute atomic E-state index is 0.0707. The minimum Gasteiger partial charge on any atom is -0.495 e. The molecule has 0 fully saturated rings. The summed E-state index contributed by atoms with van der Waals surface area (Å²) in [4.78, 5) is 22.8. The molecule has 0 saturated heterocycles. The number of hydrogen-bond acceptors (Lipinski definition) is 7. The van der Waals surface area contributed by atoms with Crippen LogP contribution in [-0.4, -0.2) is 32.4 Å². The van der Waals surface area contributed by atoms with Crippen molar-refractivity contribution in [2.24, 2.45) is 0 Å². The van der Waals surface area contributed by atoms with E-state index in [1.54, 1.807) is 37.3 Å². The fourth-order valence-corrected chi connectivity index (χ4v) is 4.25. The zero-order chi connectivity index (χ0) is 24.2. The Bertz CT molecular complexity index is 1320. The van der Waals surface area contributed by atoms with Gasteiger partial charge in [0.2, 0.25) is 5.91 Å². The van der Waals surface area contributed by atoms with Crippen molar-refractivity contribution in [2.75, 3.05) is 17.1 Å². The van der Waals surface area contributed by atoms with Gasteiger partial charge in [-0.3, -0.25) is 14.3 Å². The molecule has 0 atom stereocenters. The lowest BCUT2D eigenvalue weighted by Crippen LogP contribution is -2.14. The predicted molar refractivity (Wildman–Crippen MR) is 125 cm³/mol. The smallest absolute Gasteiger partial charge is 0.265 e. The van der Waals surface area contributed by atoms with Gasteiger partial charge in [0.1, 0.15) is 22.0 Å². The van der Waals surface area contributed by atoms with Crippen LogP contribution in [-0.2, 0) is 14.8 Å². The molecule has 0 bridgehead atoms. The standard InChI is InChI=1S/C23H23N3O6S/c1-14-23(24-16(3)28)21(32-25-14)12-6-17-5-11-20(31-4)22(13-17)33(29,30)26-19-9-7-18(8-10-19)15(2)27/h5-13,26H,1-4H3,(H,24,28)/b12-6-. The number of nitrogens with zero attached hydrogens (tertiary/aromatic N) is 1. The number of aromatic nitrogens is 1. The Kier molecular flexibility index (Phi) is 6.98. The van der Waals surface area contributed by atoms with Gasteiger partial charge < -0.3 is 14.6 Å². The van der Waals surface area contributed by atoms with E-state index in [9.17, 15) is 18.0 Å². The van der Waals surface area contributed by atoms with E-state index >= 15 is 0 Å². The molecule has 0 aliphatic rings. The third-order valence-corrected chi connectivity index (χ3v) is 6.04. The highest BCUT2D eigenvalue weighted by Crippen LogP contribution is 2.29. The van der Waals surface area contributed by atoms with Gasteiger partial charge in [-0.1, -0.05) is 17.3 Å². The van der Waals surface area contributed by atoms with Crippen LogP contribution < -0.4 is 14.8 Å². The monoisotopic (exact) mass is 469 g/mol. The van der Waals surface area contributed by atoms with Gasteiger partial charge in [0, 0.05) is 18.2 Å². The van der Waals surface area contributed by atoms with Crippen LogP contribution in [0.3, 0.4) is 0 Å². The van der Waals surface area contributed by atoms with Crippen LogP contribution in [0.25, 0.3) is 12.2 Å². The maximum Gasteiger partial charge on any atom is 0.265 e. The fraction of sp³-hybridized carbons (Fsp3) is 0.174. The lowest BCUT2D eigenvalue weighted by molar-refractivity contribution is -0.114. The molecule has 172 valence electrons. The molecule has 0 spiro atoms. The molecule has 10 heteroatoms. The second-order valence-corrected chi connectivity index (χ2v) is 8.82. The van der Waals surface area contributed by atoms with Gasteiger partial charge in [-0.25, -0.2) is 8.42 Å². The Morgan fingerprint density at radius 1 is 1.06 bits per heavy atom. The summed E-state index contributed by atoms with van der Waals surface area (Å²) in [6.07, 6.45) is 3.21. The number of aryl methyl sites for hydroxylation is 1. The lowest BCUT2D eigenvalue weighted by Gasteiger charge is -2.12. The summed E-state index contributed by atoms with van der Waals surface area (Å²) in [5.74, 6) is 0.103. The number of nitrogens with one attached hydrogen (secondary N) is 2. The Balaban J connectivity index is 1.91. The van der Waals surface area contributed by atoms with Gasteiger partial charge in [-0.2, -0.15) is 0 Å². The highest BCUT2D eigenvalue weighted by Gasteiger charge is 2.20. The van der Waals surface area contributed by atoms with Crippen LogP contribution in [0.1, 0.15) is 41.2 Å². The summed E-state index contributed by atoms with van der Waals surface area (Å²) >= 11 is 0. The average molecular weight is 470 g/mol. The van der Waals surface area contributed by atoms with E-state index in [4.69, 9.17) is 9.26 Å². The number of Topliss-reactive ketones (excluding diaryl/α,β-unsaturated/α-hetero) is 1. The normalized spacial score (nSPS) is 11.4. The molecular formula is C23H23N3O6S. The first-order chi connectivity index (χ1) is 15.6. The van der Waals surface area contributed by atoms with Crippen molar-refractivity contribution in [1.29, 1.82) is 0 Å². The molecule has 0 saturated carbocycles. The van der Waals surface area contributed by atoms with Gasteiger partial charge in [0.05, 0.1) is 7.11 Å². The Labute approximate surface area is 191 Å². The zero-order valence-corrected chi connectivity index (χ0v) is 19.3. The van der Waals surface area contributed by atoms with Crippen molar-refractivity contribution in [1.82, 2.24) is 5.16 Å². The number of sulfonamides is 1. The van der Waals surface area contributed by atoms with E-state index in [0.29, 0.717) is 34.0 Å². The van der Waals surface area contributed by atoms with Crippen LogP contribution in [0.4, 0.5) is 11.4 Å². The maximum atomic E-state index is 13.0. The fourth-order valence-electron chi connectivity index (χ4n) is 2.99. The number of hydrogen-bond donors (Lipinski definition) is 2. The molecule has 1 heterocycles. The quantitative estimate of drug-likeness (QED) is 0.475. The number of carbonyl (C=O) groups is 2. The van der Waals surface area contributed by atoms with Crippen molar-refractivity contribution in [3.8, 4) is 5.75 Å². The molecule has 3 rings (SSSR count). The van der Waals surface area contributed by atoms with Crippen molar-refractivity contribution in [3.63, 3.8) is 0 Å². The van der Waals surface area contributed by atoms with Crippen molar-refractivity contribution in [2.45, 2.75) is 25.7 Å². The molecule has 0 aliphatic heterocycles. The van der Waals surface area contributed by atoms with E-state index < -0.39 is 10.0 Å². The van der Waals surface area contributed by atoms with Crippen LogP contribution in [0.2, 0.25) is 0 Å². The SMILES string of the molecule is COc1ccc(/C=C\c2onc(C)c2NC(C)=O)cc1S(=O)(=O)Nc1ccc(C(C)=O)cc1. The Morgan fingerprint density at radius 3 is 2.36 bits per heavy atom. The molecule has 9 nitrogen and oxygen atoms in total. The van der Waals surface area contributed by atoms with E-state index in [1.807, 2.05) is 0 Å². The van der Waals surface area contributed by atoms with Crippen molar-refractivity contribution < 1.29 is 27.3 Å². The second-order valence-electron chi connectivity index (χ2n) is 7.17. The summed E-state index contributed by atoms with van der Waals surface area (Å²) < 4.78 is 39.1. The topological polar surface area (TPSA) is 128 Å². The number of ether oxygens (including phenoxy) is 1. The number of amides is 1. The van der Waals surface area contributed by atoms with E-state index in [2.05, 4.69) is 15.2 Å². The third kappa shape index (κ3) is 5.66. The Hall–Kier alpha value is -3.92. The number of anilines is 2. The zero-order valence-electron chi connectivity index (χ0n) is 18.5. The first-order valence-electron chi connectivity index (χ1n) is 9.84. The van der Waals surface area contributed by atoms with E-state index in [1.165, 1.54) is 45.2 Å². The Morgan fingerprint density at radius 2 is 1.76 bits per heavy atom. The van der Waals surface area contributed by atoms with Crippen molar-refractivity contribution >= 4 is 45.2 Å². The summed E-state index contributed by atoms with van der Waals surface area (Å²) in [6, 6.07) is 10.8.